The van der Waals surface area contributed by atoms with Crippen LogP contribution in [-0.2, 0) is 13.0 Å². The van der Waals surface area contributed by atoms with Crippen LogP contribution in [0.1, 0.15) is 46.4 Å². The van der Waals surface area contributed by atoms with E-state index < -0.39 is 0 Å². The topological polar surface area (TPSA) is 60.0 Å². The van der Waals surface area contributed by atoms with Crippen LogP contribution in [0.5, 0.6) is 17.2 Å². The predicted octanol–water partition coefficient (Wildman–Crippen LogP) is 5.67. The minimum atomic E-state index is -0.179. The van der Waals surface area contributed by atoms with Crippen LogP contribution in [-0.4, -0.2) is 44.7 Å². The van der Waals surface area contributed by atoms with E-state index in [4.69, 9.17) is 25.8 Å². The van der Waals surface area contributed by atoms with Crippen LogP contribution < -0.4 is 19.5 Å². The molecule has 1 heterocycles. The molecule has 4 rings (SSSR count). The van der Waals surface area contributed by atoms with Crippen LogP contribution >= 0.6 is 11.6 Å². The number of halogens is 1. The molecule has 2 unspecified atom stereocenters. The first-order chi connectivity index (χ1) is 17.5. The quantitative estimate of drug-likeness (QED) is 0.403. The zero-order chi connectivity index (χ0) is 25.7. The first kappa shape index (κ1) is 25.9. The number of amides is 1. The molecule has 1 N–H and O–H groups in total. The van der Waals surface area contributed by atoms with Gasteiger partial charge in [0.25, 0.3) is 5.91 Å². The Morgan fingerprint density at radius 2 is 1.78 bits per heavy atom. The molecule has 1 aliphatic rings. The van der Waals surface area contributed by atoms with Crippen LogP contribution in [0.25, 0.3) is 0 Å². The average molecular weight is 509 g/mol. The molecule has 0 spiro atoms. The van der Waals surface area contributed by atoms with Gasteiger partial charge in [-0.3, -0.25) is 9.69 Å². The van der Waals surface area contributed by atoms with Crippen molar-refractivity contribution in [1.82, 2.24) is 10.2 Å². The lowest BCUT2D eigenvalue weighted by Gasteiger charge is -2.42. The highest BCUT2D eigenvalue weighted by molar-refractivity contribution is 6.33. The number of carbonyl (C=O) groups excluding carboxylic acids is 1. The van der Waals surface area contributed by atoms with E-state index in [1.165, 1.54) is 5.56 Å². The van der Waals surface area contributed by atoms with Gasteiger partial charge in [0, 0.05) is 19.1 Å². The number of rotatable bonds is 9. The van der Waals surface area contributed by atoms with Crippen molar-refractivity contribution in [2.24, 2.45) is 0 Å². The number of fused-ring (bicyclic) bond motifs is 1. The molecule has 0 bridgehead atoms. The Morgan fingerprint density at radius 3 is 2.47 bits per heavy atom. The van der Waals surface area contributed by atoms with E-state index in [1.54, 1.807) is 33.5 Å². The molecule has 0 fully saturated rings. The van der Waals surface area contributed by atoms with Crippen molar-refractivity contribution >= 4 is 17.5 Å². The third-order valence-corrected chi connectivity index (χ3v) is 7.13. The van der Waals surface area contributed by atoms with E-state index in [1.807, 2.05) is 24.3 Å². The molecule has 0 saturated heterocycles. The van der Waals surface area contributed by atoms with E-state index in [-0.39, 0.29) is 18.0 Å². The Hall–Kier alpha value is -3.22. The summed E-state index contributed by atoms with van der Waals surface area (Å²) in [5.41, 5.74) is 3.95. The molecular weight excluding hydrogens is 476 g/mol. The maximum Gasteiger partial charge on any atom is 0.253 e. The summed E-state index contributed by atoms with van der Waals surface area (Å²) in [7, 11) is 4.97. The lowest BCUT2D eigenvalue weighted by Crippen LogP contribution is -2.48. The number of nitrogens with one attached hydrogen (secondary N) is 1. The number of nitrogens with zero attached hydrogens (tertiary/aromatic N) is 1. The Morgan fingerprint density at radius 1 is 1.03 bits per heavy atom. The van der Waals surface area contributed by atoms with Crippen LogP contribution in [0.2, 0.25) is 5.02 Å². The smallest absolute Gasteiger partial charge is 0.253 e. The number of ether oxygens (including phenoxy) is 3. The second-order valence-corrected chi connectivity index (χ2v) is 9.30. The van der Waals surface area contributed by atoms with Gasteiger partial charge in [-0.2, -0.15) is 0 Å². The third-order valence-electron chi connectivity index (χ3n) is 6.80. The Bertz CT molecular complexity index is 1220. The van der Waals surface area contributed by atoms with Gasteiger partial charge in [0.15, 0.2) is 11.5 Å². The van der Waals surface area contributed by atoms with Gasteiger partial charge in [-0.25, -0.2) is 0 Å². The highest BCUT2D eigenvalue weighted by Crippen LogP contribution is 2.41. The lowest BCUT2D eigenvalue weighted by molar-refractivity contribution is 0.0859. The third kappa shape index (κ3) is 5.45. The van der Waals surface area contributed by atoms with Gasteiger partial charge >= 0.3 is 0 Å². The minimum absolute atomic E-state index is 0.0730. The first-order valence-electron chi connectivity index (χ1n) is 12.2. The van der Waals surface area contributed by atoms with Crippen LogP contribution in [0.4, 0.5) is 0 Å². The normalized spacial score (nSPS) is 16.1. The van der Waals surface area contributed by atoms with Crippen molar-refractivity contribution in [1.29, 1.82) is 0 Å². The molecule has 7 heteroatoms. The summed E-state index contributed by atoms with van der Waals surface area (Å²) >= 11 is 6.34. The van der Waals surface area contributed by atoms with Gasteiger partial charge in [0.2, 0.25) is 0 Å². The van der Waals surface area contributed by atoms with E-state index >= 15 is 0 Å². The molecule has 2 atom stereocenters. The number of methoxy groups -OCH3 is 3. The Balaban J connectivity index is 1.73. The SMILES string of the molecule is CCC(NC(=O)c1ccccc1Cl)C1c2cc(OC)c(OC)cc2CCN1Cc1cccc(OC)c1. The lowest BCUT2D eigenvalue weighted by atomic mass is 9.86. The zero-order valence-electron chi connectivity index (χ0n) is 21.2. The second kappa shape index (κ2) is 11.7. The number of benzene rings is 3. The van der Waals surface area contributed by atoms with Gasteiger partial charge in [0.1, 0.15) is 5.75 Å². The highest BCUT2D eigenvalue weighted by atomic mass is 35.5. The number of hydrogen-bond acceptors (Lipinski definition) is 5. The zero-order valence-corrected chi connectivity index (χ0v) is 22.0. The molecule has 3 aromatic rings. The van der Waals surface area contributed by atoms with Gasteiger partial charge < -0.3 is 19.5 Å². The standard InChI is InChI=1S/C29H33ClN2O4/c1-5-25(31-29(33)22-11-6-7-12-24(22)30)28-23-17-27(36-4)26(35-3)16-20(23)13-14-32(28)18-19-9-8-10-21(15-19)34-2/h6-12,15-17,25,28H,5,13-14,18H2,1-4H3,(H,31,33). The van der Waals surface area contributed by atoms with Gasteiger partial charge in [-0.15, -0.1) is 0 Å². The summed E-state index contributed by atoms with van der Waals surface area (Å²) in [4.78, 5) is 15.7. The molecule has 0 aliphatic carbocycles. The largest absolute Gasteiger partial charge is 0.497 e. The fraction of sp³-hybridized carbons (Fsp3) is 0.345. The highest BCUT2D eigenvalue weighted by Gasteiger charge is 2.35. The van der Waals surface area contributed by atoms with E-state index in [2.05, 4.69) is 41.4 Å². The molecule has 6 nitrogen and oxygen atoms in total. The summed E-state index contributed by atoms with van der Waals surface area (Å²) in [6.45, 7) is 3.65. The monoisotopic (exact) mass is 508 g/mol. The van der Waals surface area contributed by atoms with Crippen molar-refractivity contribution in [3.8, 4) is 17.2 Å². The molecule has 36 heavy (non-hydrogen) atoms. The van der Waals surface area contributed by atoms with Crippen LogP contribution in [0, 0.1) is 0 Å². The maximum atomic E-state index is 13.3. The molecule has 0 radical (unpaired) electrons. The summed E-state index contributed by atoms with van der Waals surface area (Å²) in [5.74, 6) is 2.04. The summed E-state index contributed by atoms with van der Waals surface area (Å²) in [6, 6.07) is 19.1. The number of carbonyl (C=O) groups is 1. The van der Waals surface area contributed by atoms with Gasteiger partial charge in [0.05, 0.1) is 38.0 Å². The van der Waals surface area contributed by atoms with Crippen molar-refractivity contribution in [3.63, 3.8) is 0 Å². The average Bonchev–Trinajstić information content (AvgIpc) is 2.91. The Labute approximate surface area is 218 Å². The fourth-order valence-corrected chi connectivity index (χ4v) is 5.20. The summed E-state index contributed by atoms with van der Waals surface area (Å²) < 4.78 is 16.7. The van der Waals surface area contributed by atoms with Crippen molar-refractivity contribution in [2.75, 3.05) is 27.9 Å². The van der Waals surface area contributed by atoms with Crippen molar-refractivity contribution in [3.05, 3.63) is 87.9 Å². The predicted molar refractivity (Wildman–Crippen MR) is 142 cm³/mol. The van der Waals surface area contributed by atoms with E-state index in [0.29, 0.717) is 28.6 Å². The molecule has 190 valence electrons. The molecular formula is C29H33ClN2O4. The summed E-state index contributed by atoms with van der Waals surface area (Å²) in [6.07, 6.45) is 1.61. The van der Waals surface area contributed by atoms with Gasteiger partial charge in [-0.1, -0.05) is 42.8 Å². The molecule has 1 amide bonds. The molecule has 1 aliphatic heterocycles. The fourth-order valence-electron chi connectivity index (χ4n) is 4.98. The van der Waals surface area contributed by atoms with E-state index in [0.717, 1.165) is 36.3 Å². The minimum Gasteiger partial charge on any atom is -0.497 e. The Kier molecular flexibility index (Phi) is 8.39. The van der Waals surface area contributed by atoms with Crippen LogP contribution in [0.3, 0.4) is 0 Å². The number of hydrogen-bond donors (Lipinski definition) is 1. The first-order valence-corrected chi connectivity index (χ1v) is 12.5. The van der Waals surface area contributed by atoms with Crippen LogP contribution in [0.15, 0.2) is 60.7 Å². The van der Waals surface area contributed by atoms with Gasteiger partial charge in [-0.05, 0) is 65.9 Å². The van der Waals surface area contributed by atoms with Crippen molar-refractivity contribution in [2.45, 2.75) is 38.4 Å². The van der Waals surface area contributed by atoms with E-state index in [9.17, 15) is 4.79 Å². The molecule has 0 aromatic heterocycles. The maximum absolute atomic E-state index is 13.3. The van der Waals surface area contributed by atoms with Crippen molar-refractivity contribution < 1.29 is 19.0 Å². The molecule has 0 saturated carbocycles. The second-order valence-electron chi connectivity index (χ2n) is 8.89. The molecule has 3 aromatic carbocycles. The summed E-state index contributed by atoms with van der Waals surface area (Å²) in [5, 5.41) is 3.72.